The van der Waals surface area contributed by atoms with Crippen LogP contribution in [0.1, 0.15) is 65.2 Å². The van der Waals surface area contributed by atoms with Gasteiger partial charge in [0.2, 0.25) is 0 Å². The van der Waals surface area contributed by atoms with Crippen LogP contribution in [-0.2, 0) is 4.74 Å². The van der Waals surface area contributed by atoms with E-state index in [1.165, 1.54) is 12.8 Å². The molecule has 0 aliphatic carbocycles. The number of unbranched alkanes of at least 4 members (excludes halogenated alkanes) is 4. The monoisotopic (exact) mass is 342 g/mol. The van der Waals surface area contributed by atoms with Gasteiger partial charge >= 0.3 is 23.1 Å². The van der Waals surface area contributed by atoms with E-state index in [1.54, 1.807) is 0 Å². The minimum atomic E-state index is 0. The van der Waals surface area contributed by atoms with Gasteiger partial charge in [0.1, 0.15) is 0 Å². The van der Waals surface area contributed by atoms with Crippen molar-refractivity contribution in [3.05, 3.63) is 31.2 Å². The normalized spacial score (nSPS) is 11.6. The van der Waals surface area contributed by atoms with Gasteiger partial charge in [-0.1, -0.05) is 44.6 Å². The van der Waals surface area contributed by atoms with E-state index in [0.717, 1.165) is 51.7 Å². The Balaban J connectivity index is -0.000000115. The molecule has 0 aromatic rings. The summed E-state index contributed by atoms with van der Waals surface area (Å²) in [7, 11) is 0. The number of hydrogen-bond acceptors (Lipinski definition) is 2. The molecule has 1 fully saturated rings. The van der Waals surface area contributed by atoms with Gasteiger partial charge < -0.3 is 29.2 Å². The van der Waals surface area contributed by atoms with E-state index in [2.05, 4.69) is 49.8 Å². The average Bonchev–Trinajstić information content (AvgIpc) is 3.33. The SMILES string of the molecule is C1CO1.CC/C=C\CCCCO.[CH2-]CCC/C=C\CC.[Cl-].[Mg+2]. The van der Waals surface area contributed by atoms with Crippen LogP contribution >= 0.6 is 0 Å². The predicted octanol–water partition coefficient (Wildman–Crippen LogP) is 1.71. The summed E-state index contributed by atoms with van der Waals surface area (Å²) in [5, 5.41) is 8.40. The van der Waals surface area contributed by atoms with E-state index in [4.69, 9.17) is 5.11 Å². The van der Waals surface area contributed by atoms with Crippen LogP contribution in [0, 0.1) is 6.92 Å². The summed E-state index contributed by atoms with van der Waals surface area (Å²) in [6.45, 7) is 10.4. The molecule has 22 heavy (non-hydrogen) atoms. The second-order valence-electron chi connectivity index (χ2n) is 4.59. The van der Waals surface area contributed by atoms with E-state index < -0.39 is 0 Å². The molecule has 0 saturated carbocycles. The van der Waals surface area contributed by atoms with Crippen molar-refractivity contribution in [1.82, 2.24) is 0 Å². The number of hydrogen-bond donors (Lipinski definition) is 1. The standard InChI is InChI=1S/C8H16O.C8H15.C2H4O.ClH.Mg/c1-2-3-4-5-6-7-8-9;1-3-5-7-8-6-4-2;1-2-3-1;;/h3-4,9H,2,5-8H2,1H3;6,8H,1,3-5,7H2,2H3;1-2H2;1H;/q;-1;;;+2/p-1/b4-3-;8-6-;;;. The first kappa shape index (κ1) is 30.3. The summed E-state index contributed by atoms with van der Waals surface area (Å²) in [6.07, 6.45) is 17.7. The Morgan fingerprint density at radius 2 is 1.36 bits per heavy atom. The predicted molar refractivity (Wildman–Crippen MR) is 95.6 cm³/mol. The Morgan fingerprint density at radius 1 is 0.909 bits per heavy atom. The van der Waals surface area contributed by atoms with Crippen molar-refractivity contribution in [2.24, 2.45) is 0 Å². The Bertz CT molecular complexity index is 205. The maximum atomic E-state index is 8.40. The van der Waals surface area contributed by atoms with Gasteiger partial charge in [-0.3, -0.25) is 0 Å². The summed E-state index contributed by atoms with van der Waals surface area (Å²) >= 11 is 0. The van der Waals surface area contributed by atoms with Crippen LogP contribution in [0.4, 0.5) is 0 Å². The van der Waals surface area contributed by atoms with Gasteiger partial charge in [0, 0.05) is 6.61 Å². The van der Waals surface area contributed by atoms with Crippen LogP contribution in [0.3, 0.4) is 0 Å². The van der Waals surface area contributed by atoms with Crippen molar-refractivity contribution in [3.63, 3.8) is 0 Å². The van der Waals surface area contributed by atoms with Crippen molar-refractivity contribution in [2.45, 2.75) is 65.2 Å². The molecule has 1 aliphatic rings. The molecule has 0 amide bonds. The first-order chi connectivity index (χ1) is 9.83. The van der Waals surface area contributed by atoms with Gasteiger partial charge in [0.05, 0.1) is 13.2 Å². The maximum Gasteiger partial charge on any atom is 2.00 e. The van der Waals surface area contributed by atoms with Gasteiger partial charge in [0.25, 0.3) is 0 Å². The number of ether oxygens (including phenoxy) is 1. The van der Waals surface area contributed by atoms with Crippen molar-refractivity contribution in [3.8, 4) is 0 Å². The molecule has 128 valence electrons. The fourth-order valence-electron chi connectivity index (χ4n) is 1.21. The van der Waals surface area contributed by atoms with Crippen LogP contribution in [0.15, 0.2) is 24.3 Å². The number of allylic oxidation sites excluding steroid dienone is 4. The van der Waals surface area contributed by atoms with Crippen LogP contribution in [0.2, 0.25) is 0 Å². The summed E-state index contributed by atoms with van der Waals surface area (Å²) < 4.78 is 4.50. The van der Waals surface area contributed by atoms with Crippen molar-refractivity contribution in [2.75, 3.05) is 19.8 Å². The third-order valence-electron chi connectivity index (χ3n) is 2.41. The molecule has 2 nitrogen and oxygen atoms in total. The molecule has 4 heteroatoms. The van der Waals surface area contributed by atoms with E-state index in [0.29, 0.717) is 6.61 Å². The van der Waals surface area contributed by atoms with Gasteiger partial charge in [-0.25, -0.2) is 0 Å². The number of halogens is 1. The third kappa shape index (κ3) is 49.9. The second kappa shape index (κ2) is 33.2. The Kier molecular flexibility index (Phi) is 45.7. The molecule has 1 N–H and O–H groups in total. The number of epoxide rings is 1. The zero-order chi connectivity index (χ0) is 15.3. The number of aliphatic hydroxyl groups excluding tert-OH is 1. The molecule has 1 aliphatic heterocycles. The van der Waals surface area contributed by atoms with Crippen LogP contribution in [0.25, 0.3) is 0 Å². The fraction of sp³-hybridized carbons (Fsp3) is 0.722. The molecule has 0 aromatic carbocycles. The molecule has 0 aromatic heterocycles. The largest absolute Gasteiger partial charge is 2.00 e. The Hall–Kier alpha value is 0.456. The van der Waals surface area contributed by atoms with Crippen molar-refractivity contribution in [1.29, 1.82) is 0 Å². The Morgan fingerprint density at radius 3 is 1.68 bits per heavy atom. The molecule has 1 heterocycles. The van der Waals surface area contributed by atoms with Crippen molar-refractivity contribution < 1.29 is 22.3 Å². The first-order valence-electron chi connectivity index (χ1n) is 8.11. The fourth-order valence-corrected chi connectivity index (χ4v) is 1.21. The van der Waals surface area contributed by atoms with Crippen molar-refractivity contribution >= 4 is 23.1 Å². The molecule has 0 bridgehead atoms. The minimum Gasteiger partial charge on any atom is -1.00 e. The van der Waals surface area contributed by atoms with E-state index in [1.807, 2.05) is 0 Å². The van der Waals surface area contributed by atoms with Gasteiger partial charge in [0.15, 0.2) is 0 Å². The Labute approximate surface area is 161 Å². The van der Waals surface area contributed by atoms with Gasteiger partial charge in [-0.2, -0.15) is 6.42 Å². The van der Waals surface area contributed by atoms with Crippen LogP contribution in [-0.4, -0.2) is 48.0 Å². The molecule has 1 saturated heterocycles. The van der Waals surface area contributed by atoms with E-state index in [9.17, 15) is 0 Å². The van der Waals surface area contributed by atoms with E-state index >= 15 is 0 Å². The molecule has 0 radical (unpaired) electrons. The summed E-state index contributed by atoms with van der Waals surface area (Å²) in [5.41, 5.74) is 0. The van der Waals surface area contributed by atoms with E-state index in [-0.39, 0.29) is 35.5 Å². The molecule has 0 atom stereocenters. The summed E-state index contributed by atoms with van der Waals surface area (Å²) in [6, 6.07) is 0. The quantitative estimate of drug-likeness (QED) is 0.227. The number of aliphatic hydroxyl groups is 1. The molecule has 0 unspecified atom stereocenters. The smallest absolute Gasteiger partial charge is 1.00 e. The van der Waals surface area contributed by atoms with Gasteiger partial charge in [-0.05, 0) is 38.5 Å². The summed E-state index contributed by atoms with van der Waals surface area (Å²) in [4.78, 5) is 0. The molecular formula is C18H35ClMgO2. The molecular weight excluding hydrogens is 308 g/mol. The number of rotatable bonds is 9. The first-order valence-corrected chi connectivity index (χ1v) is 8.11. The van der Waals surface area contributed by atoms with Gasteiger partial charge in [-0.15, -0.1) is 0 Å². The average molecular weight is 343 g/mol. The summed E-state index contributed by atoms with van der Waals surface area (Å²) in [5.74, 6) is 0. The van der Waals surface area contributed by atoms with Crippen LogP contribution in [0.5, 0.6) is 0 Å². The second-order valence-corrected chi connectivity index (χ2v) is 4.59. The molecule has 1 rings (SSSR count). The maximum absolute atomic E-state index is 8.40. The minimum absolute atomic E-state index is 0. The molecule has 0 spiro atoms. The topological polar surface area (TPSA) is 32.8 Å². The zero-order valence-electron chi connectivity index (χ0n) is 14.7. The zero-order valence-corrected chi connectivity index (χ0v) is 16.9. The van der Waals surface area contributed by atoms with Crippen LogP contribution < -0.4 is 12.4 Å². The third-order valence-corrected chi connectivity index (χ3v) is 2.41.